The van der Waals surface area contributed by atoms with Gasteiger partial charge in [-0.05, 0) is 32.9 Å². The fourth-order valence-corrected chi connectivity index (χ4v) is 2.04. The van der Waals surface area contributed by atoms with E-state index in [0.29, 0.717) is 11.5 Å². The second-order valence-corrected chi connectivity index (χ2v) is 4.72. The number of fused-ring (bicyclic) bond motifs is 1. The first-order valence-corrected chi connectivity index (χ1v) is 5.36. The van der Waals surface area contributed by atoms with Crippen LogP contribution in [0.25, 0.3) is 0 Å². The molecule has 0 bridgehead atoms. The van der Waals surface area contributed by atoms with Gasteiger partial charge < -0.3 is 9.47 Å². The Morgan fingerprint density at radius 3 is 2.88 bits per heavy atom. The minimum absolute atomic E-state index is 0.124. The van der Waals surface area contributed by atoms with E-state index in [4.69, 9.17) is 9.47 Å². The molecule has 0 radical (unpaired) electrons. The van der Waals surface area contributed by atoms with E-state index in [2.05, 4.69) is 6.58 Å². The topological polar surface area (TPSA) is 35.5 Å². The number of carbonyl (C=O) groups excluding carboxylic acids is 1. The second kappa shape index (κ2) is 3.59. The summed E-state index contributed by atoms with van der Waals surface area (Å²) in [5.41, 5.74) is -0.700. The number of hydrogen-bond donors (Lipinski definition) is 0. The molecular formula is C13H16O3. The van der Waals surface area contributed by atoms with Crippen LogP contribution in [-0.2, 0) is 14.3 Å². The maximum Gasteiger partial charge on any atom is 0.173 e. The van der Waals surface area contributed by atoms with Crippen LogP contribution >= 0.6 is 0 Å². The van der Waals surface area contributed by atoms with Crippen molar-refractivity contribution in [1.29, 1.82) is 0 Å². The Labute approximate surface area is 95.4 Å². The molecule has 1 aliphatic heterocycles. The van der Waals surface area contributed by atoms with E-state index in [1.54, 1.807) is 26.8 Å². The molecule has 0 amide bonds. The van der Waals surface area contributed by atoms with Crippen molar-refractivity contribution in [3.63, 3.8) is 0 Å². The van der Waals surface area contributed by atoms with Crippen LogP contribution in [0.5, 0.6) is 0 Å². The van der Waals surface area contributed by atoms with E-state index in [0.717, 1.165) is 0 Å². The van der Waals surface area contributed by atoms with Crippen molar-refractivity contribution in [3.8, 4) is 0 Å². The van der Waals surface area contributed by atoms with Gasteiger partial charge in [0.25, 0.3) is 0 Å². The minimum atomic E-state index is -0.700. The van der Waals surface area contributed by atoms with Crippen molar-refractivity contribution in [3.05, 3.63) is 36.3 Å². The third-order valence-electron chi connectivity index (χ3n) is 2.77. The highest BCUT2D eigenvalue weighted by molar-refractivity contribution is 5.93. The average Bonchev–Trinajstić information content (AvgIpc) is 2.36. The zero-order chi connectivity index (χ0) is 11.9. The highest BCUT2D eigenvalue weighted by atomic mass is 16.5. The van der Waals surface area contributed by atoms with E-state index >= 15 is 0 Å². The number of Topliss-reactive ketones (excluding diaryl/α,β-unsaturated/α-hetero) is 1. The molecule has 3 heteroatoms. The zero-order valence-electron chi connectivity index (χ0n) is 9.82. The standard InChI is InChI=1S/C13H16O3/c1-8(2)15-9-5-6-10-11(7-9)16-13(3,4)12(10)14/h5-7,10-11H,1H2,2-4H3. The number of carbonyl (C=O) groups is 1. The molecule has 0 spiro atoms. The van der Waals surface area contributed by atoms with Crippen LogP contribution < -0.4 is 0 Å². The summed E-state index contributed by atoms with van der Waals surface area (Å²) in [6.07, 6.45) is 5.28. The highest BCUT2D eigenvalue weighted by Crippen LogP contribution is 2.36. The molecule has 1 saturated heterocycles. The Kier molecular flexibility index (Phi) is 2.50. The molecule has 2 atom stereocenters. The van der Waals surface area contributed by atoms with Crippen LogP contribution in [0.15, 0.2) is 36.3 Å². The van der Waals surface area contributed by atoms with E-state index in [1.165, 1.54) is 0 Å². The van der Waals surface area contributed by atoms with Crippen molar-refractivity contribution in [2.45, 2.75) is 32.5 Å². The molecule has 86 valence electrons. The van der Waals surface area contributed by atoms with Crippen molar-refractivity contribution >= 4 is 5.78 Å². The lowest BCUT2D eigenvalue weighted by atomic mass is 9.89. The third kappa shape index (κ3) is 1.83. The Bertz CT molecular complexity index is 401. The molecule has 1 heterocycles. The molecule has 2 aliphatic rings. The summed E-state index contributed by atoms with van der Waals surface area (Å²) >= 11 is 0. The van der Waals surface area contributed by atoms with Gasteiger partial charge in [-0.25, -0.2) is 0 Å². The molecule has 0 aromatic heterocycles. The molecule has 3 nitrogen and oxygen atoms in total. The Hall–Kier alpha value is -1.35. The van der Waals surface area contributed by atoms with Crippen LogP contribution in [0.4, 0.5) is 0 Å². The smallest absolute Gasteiger partial charge is 0.173 e. The van der Waals surface area contributed by atoms with Gasteiger partial charge in [-0.1, -0.05) is 12.7 Å². The molecule has 0 saturated carbocycles. The lowest BCUT2D eigenvalue weighted by molar-refractivity contribution is -0.129. The molecule has 1 aliphatic carbocycles. The molecule has 0 N–H and O–H groups in total. The van der Waals surface area contributed by atoms with E-state index in [9.17, 15) is 4.79 Å². The zero-order valence-corrected chi connectivity index (χ0v) is 9.82. The second-order valence-electron chi connectivity index (χ2n) is 4.72. The van der Waals surface area contributed by atoms with Crippen molar-refractivity contribution in [2.75, 3.05) is 0 Å². The van der Waals surface area contributed by atoms with E-state index in [-0.39, 0.29) is 17.8 Å². The highest BCUT2D eigenvalue weighted by Gasteiger charge is 2.47. The van der Waals surface area contributed by atoms with E-state index in [1.807, 2.05) is 12.2 Å². The first kappa shape index (κ1) is 11.1. The van der Waals surface area contributed by atoms with Crippen molar-refractivity contribution in [2.24, 2.45) is 5.92 Å². The normalized spacial score (nSPS) is 30.9. The summed E-state index contributed by atoms with van der Waals surface area (Å²) in [5.74, 6) is 1.27. The maximum atomic E-state index is 11.9. The number of ether oxygens (including phenoxy) is 2. The maximum absolute atomic E-state index is 11.9. The van der Waals surface area contributed by atoms with Crippen molar-refractivity contribution < 1.29 is 14.3 Å². The summed E-state index contributed by atoms with van der Waals surface area (Å²) in [7, 11) is 0. The van der Waals surface area contributed by atoms with Gasteiger partial charge in [0.15, 0.2) is 5.78 Å². The largest absolute Gasteiger partial charge is 0.463 e. The van der Waals surface area contributed by atoms with Gasteiger partial charge in [0.05, 0.1) is 17.8 Å². The fraction of sp³-hybridized carbons (Fsp3) is 0.462. The van der Waals surface area contributed by atoms with Crippen LogP contribution in [0, 0.1) is 5.92 Å². The van der Waals surface area contributed by atoms with Crippen LogP contribution in [0.1, 0.15) is 20.8 Å². The van der Waals surface area contributed by atoms with Crippen molar-refractivity contribution in [1.82, 2.24) is 0 Å². The van der Waals surface area contributed by atoms with Gasteiger partial charge >= 0.3 is 0 Å². The average molecular weight is 220 g/mol. The first-order chi connectivity index (χ1) is 7.40. The third-order valence-corrected chi connectivity index (χ3v) is 2.77. The minimum Gasteiger partial charge on any atom is -0.463 e. The lowest BCUT2D eigenvalue weighted by Crippen LogP contribution is -2.29. The monoisotopic (exact) mass is 220 g/mol. The van der Waals surface area contributed by atoms with E-state index < -0.39 is 5.60 Å². The molecule has 0 aromatic carbocycles. The first-order valence-electron chi connectivity index (χ1n) is 5.36. The molecule has 0 aromatic rings. The molecule has 2 unspecified atom stereocenters. The molecule has 2 rings (SSSR count). The predicted octanol–water partition coefficient (Wildman–Crippen LogP) is 2.35. The summed E-state index contributed by atoms with van der Waals surface area (Å²) in [6, 6.07) is 0. The summed E-state index contributed by atoms with van der Waals surface area (Å²) in [5, 5.41) is 0. The summed E-state index contributed by atoms with van der Waals surface area (Å²) in [6.45, 7) is 9.06. The number of hydrogen-bond acceptors (Lipinski definition) is 3. The van der Waals surface area contributed by atoms with Gasteiger partial charge in [-0.15, -0.1) is 0 Å². The molecular weight excluding hydrogens is 204 g/mol. The molecule has 1 fully saturated rings. The summed E-state index contributed by atoms with van der Waals surface area (Å²) in [4.78, 5) is 11.9. The Morgan fingerprint density at radius 1 is 1.56 bits per heavy atom. The Balaban J connectivity index is 2.20. The van der Waals surface area contributed by atoms with Crippen LogP contribution in [0.3, 0.4) is 0 Å². The SMILES string of the molecule is C=C(C)OC1=CC2OC(C)(C)C(=O)C2C=C1. The van der Waals surface area contributed by atoms with Gasteiger partial charge in [0.2, 0.25) is 0 Å². The van der Waals surface area contributed by atoms with Gasteiger partial charge in [0, 0.05) is 0 Å². The number of rotatable bonds is 2. The van der Waals surface area contributed by atoms with Crippen LogP contribution in [-0.4, -0.2) is 17.5 Å². The quantitative estimate of drug-likeness (QED) is 0.670. The van der Waals surface area contributed by atoms with Gasteiger partial charge in [0.1, 0.15) is 11.4 Å². The fourth-order valence-electron chi connectivity index (χ4n) is 2.04. The van der Waals surface area contributed by atoms with Gasteiger partial charge in [-0.2, -0.15) is 0 Å². The molecule has 16 heavy (non-hydrogen) atoms. The Morgan fingerprint density at radius 2 is 2.25 bits per heavy atom. The number of allylic oxidation sites excluding steroid dienone is 2. The predicted molar refractivity (Wildman–Crippen MR) is 60.6 cm³/mol. The van der Waals surface area contributed by atoms with Gasteiger partial charge in [-0.3, -0.25) is 4.79 Å². The van der Waals surface area contributed by atoms with Crippen LogP contribution in [0.2, 0.25) is 0 Å². The summed E-state index contributed by atoms with van der Waals surface area (Å²) < 4.78 is 11.1. The number of ketones is 1. The lowest BCUT2D eigenvalue weighted by Gasteiger charge is -2.18.